The Labute approximate surface area is 178 Å². The summed E-state index contributed by atoms with van der Waals surface area (Å²) in [7, 11) is 0. The fourth-order valence-electron chi connectivity index (χ4n) is 3.42. The predicted octanol–water partition coefficient (Wildman–Crippen LogP) is 7.44. The molecule has 4 rings (SSSR count). The highest BCUT2D eigenvalue weighted by atomic mass is 19.4. The second kappa shape index (κ2) is 7.89. The number of aromatic nitrogens is 2. The topological polar surface area (TPSA) is 41.8 Å². The van der Waals surface area contributed by atoms with E-state index in [4.69, 9.17) is 4.42 Å². The van der Waals surface area contributed by atoms with Crippen LogP contribution in [0.4, 0.5) is 26.3 Å². The van der Waals surface area contributed by atoms with E-state index >= 15 is 0 Å². The molecule has 0 spiro atoms. The molecule has 0 aliphatic heterocycles. The van der Waals surface area contributed by atoms with Gasteiger partial charge in [-0.05, 0) is 36.8 Å². The first-order valence-corrected chi connectivity index (χ1v) is 9.51. The zero-order valence-electron chi connectivity index (χ0n) is 16.6. The number of nitrogens with zero attached hydrogens (tertiary/aromatic N) is 1. The van der Waals surface area contributed by atoms with Gasteiger partial charge in [0.1, 0.15) is 5.76 Å². The maximum atomic E-state index is 12.9. The Bertz CT molecular complexity index is 1230. The number of benzene rings is 2. The van der Waals surface area contributed by atoms with Crippen LogP contribution in [-0.2, 0) is 12.6 Å². The first-order chi connectivity index (χ1) is 15.0. The molecule has 0 bridgehead atoms. The Morgan fingerprint density at radius 2 is 1.50 bits per heavy atom. The fraction of sp³-hybridized carbons (Fsp3) is 0.174. The van der Waals surface area contributed by atoms with E-state index in [0.717, 1.165) is 12.1 Å². The number of aromatic amines is 1. The molecule has 1 N–H and O–H groups in total. The van der Waals surface area contributed by atoms with Gasteiger partial charge in [-0.15, -0.1) is 0 Å². The Hall–Kier alpha value is -3.49. The maximum absolute atomic E-state index is 12.9. The average molecular weight is 450 g/mol. The largest absolute Gasteiger partial charge is 0.453 e. The molecule has 2 aromatic carbocycles. The highest BCUT2D eigenvalue weighted by Gasteiger charge is 2.31. The lowest BCUT2D eigenvalue weighted by atomic mass is 10.0. The van der Waals surface area contributed by atoms with Crippen molar-refractivity contribution in [3.8, 4) is 34.2 Å². The van der Waals surface area contributed by atoms with Gasteiger partial charge in [-0.1, -0.05) is 36.4 Å². The number of imidazole rings is 1. The Balaban J connectivity index is 1.64. The van der Waals surface area contributed by atoms with Gasteiger partial charge in [-0.25, -0.2) is 4.98 Å². The second-order valence-corrected chi connectivity index (χ2v) is 7.25. The molecule has 0 amide bonds. The van der Waals surface area contributed by atoms with Crippen molar-refractivity contribution in [2.24, 2.45) is 0 Å². The quantitative estimate of drug-likeness (QED) is 0.329. The van der Waals surface area contributed by atoms with E-state index in [9.17, 15) is 26.3 Å². The number of H-pyrrole nitrogens is 1. The minimum absolute atomic E-state index is 0.0852. The predicted molar refractivity (Wildman–Crippen MR) is 107 cm³/mol. The molecule has 0 fully saturated rings. The van der Waals surface area contributed by atoms with Crippen LogP contribution in [0.15, 0.2) is 65.1 Å². The number of rotatable bonds is 4. The summed E-state index contributed by atoms with van der Waals surface area (Å²) in [6.45, 7) is 1.71. The zero-order chi connectivity index (χ0) is 23.1. The lowest BCUT2D eigenvalue weighted by Gasteiger charge is -2.10. The Kier molecular flexibility index (Phi) is 5.36. The summed E-state index contributed by atoms with van der Waals surface area (Å²) in [4.78, 5) is 7.44. The molecule has 32 heavy (non-hydrogen) atoms. The van der Waals surface area contributed by atoms with E-state index in [1.165, 1.54) is 24.3 Å². The number of halogens is 6. The lowest BCUT2D eigenvalue weighted by molar-refractivity contribution is -0.137. The van der Waals surface area contributed by atoms with Crippen LogP contribution >= 0.6 is 0 Å². The van der Waals surface area contributed by atoms with Gasteiger partial charge in [0.15, 0.2) is 11.6 Å². The van der Waals surface area contributed by atoms with Crippen LogP contribution in [0.5, 0.6) is 0 Å². The molecule has 2 heterocycles. The van der Waals surface area contributed by atoms with Gasteiger partial charge in [-0.2, -0.15) is 26.3 Å². The SMILES string of the molecule is Cc1[nH]c(-c2ccc(-c3ccccc3CC(F)(F)F)o2)nc1-c1ccc(C(F)(F)F)cc1. The molecule has 2 aromatic heterocycles. The van der Waals surface area contributed by atoms with Crippen LogP contribution in [0, 0.1) is 6.92 Å². The molecule has 0 saturated heterocycles. The van der Waals surface area contributed by atoms with E-state index in [1.807, 2.05) is 0 Å². The van der Waals surface area contributed by atoms with Gasteiger partial charge in [0.2, 0.25) is 0 Å². The van der Waals surface area contributed by atoms with Crippen molar-refractivity contribution in [1.82, 2.24) is 9.97 Å². The van der Waals surface area contributed by atoms with E-state index in [1.54, 1.807) is 31.2 Å². The smallest absolute Gasteiger partial charge is 0.416 e. The highest BCUT2D eigenvalue weighted by molar-refractivity contribution is 5.68. The molecule has 0 radical (unpaired) electrons. The molecular formula is C23H16F6N2O. The van der Waals surface area contributed by atoms with Crippen LogP contribution in [-0.4, -0.2) is 16.1 Å². The van der Waals surface area contributed by atoms with E-state index in [2.05, 4.69) is 9.97 Å². The minimum atomic E-state index is -4.43. The van der Waals surface area contributed by atoms with Gasteiger partial charge in [0.05, 0.1) is 17.7 Å². The molecule has 0 saturated carbocycles. The van der Waals surface area contributed by atoms with Crippen molar-refractivity contribution in [2.75, 3.05) is 0 Å². The summed E-state index contributed by atoms with van der Waals surface area (Å²) < 4.78 is 82.8. The zero-order valence-corrected chi connectivity index (χ0v) is 16.6. The average Bonchev–Trinajstić information content (AvgIpc) is 3.33. The molecule has 3 nitrogen and oxygen atoms in total. The Morgan fingerprint density at radius 1 is 0.844 bits per heavy atom. The summed E-state index contributed by atoms with van der Waals surface area (Å²) in [5, 5.41) is 0. The summed E-state index contributed by atoms with van der Waals surface area (Å²) in [5.74, 6) is 0.866. The van der Waals surface area contributed by atoms with Gasteiger partial charge >= 0.3 is 12.4 Å². The van der Waals surface area contributed by atoms with Crippen LogP contribution < -0.4 is 0 Å². The van der Waals surface area contributed by atoms with Crippen molar-refractivity contribution in [3.05, 3.63) is 77.5 Å². The molecule has 9 heteroatoms. The third-order valence-electron chi connectivity index (χ3n) is 4.88. The monoisotopic (exact) mass is 450 g/mol. The number of alkyl halides is 6. The summed E-state index contributed by atoms with van der Waals surface area (Å²) in [5.41, 5.74) is 1.19. The number of aryl methyl sites for hydroxylation is 1. The molecular weight excluding hydrogens is 434 g/mol. The van der Waals surface area contributed by atoms with Crippen molar-refractivity contribution in [1.29, 1.82) is 0 Å². The third kappa shape index (κ3) is 4.56. The normalized spacial score (nSPS) is 12.3. The summed E-state index contributed by atoms with van der Waals surface area (Å²) in [6, 6.07) is 13.8. The van der Waals surface area contributed by atoms with Crippen LogP contribution in [0.25, 0.3) is 34.2 Å². The van der Waals surface area contributed by atoms with E-state index in [-0.39, 0.29) is 11.3 Å². The second-order valence-electron chi connectivity index (χ2n) is 7.25. The first kappa shape index (κ1) is 21.7. The molecule has 0 atom stereocenters. The molecule has 0 aliphatic rings. The molecule has 0 aliphatic carbocycles. The van der Waals surface area contributed by atoms with Crippen molar-refractivity contribution in [3.63, 3.8) is 0 Å². The number of furan rings is 1. The fourth-order valence-corrected chi connectivity index (χ4v) is 3.42. The van der Waals surface area contributed by atoms with Gasteiger partial charge in [0.25, 0.3) is 0 Å². The number of nitrogens with one attached hydrogen (secondary N) is 1. The summed E-state index contributed by atoms with van der Waals surface area (Å²) >= 11 is 0. The standard InChI is InChI=1S/C23H16F6N2O/c1-13-20(14-6-8-16(9-7-14)23(27,28)29)31-21(30-13)19-11-10-18(32-19)17-5-3-2-4-15(17)12-22(24,25)26/h2-11H,12H2,1H3,(H,30,31). The van der Waals surface area contributed by atoms with Crippen LogP contribution in [0.1, 0.15) is 16.8 Å². The van der Waals surface area contributed by atoms with Gasteiger partial charge < -0.3 is 9.40 Å². The Morgan fingerprint density at radius 3 is 2.16 bits per heavy atom. The van der Waals surface area contributed by atoms with Crippen molar-refractivity contribution < 1.29 is 30.8 Å². The summed E-state index contributed by atoms with van der Waals surface area (Å²) in [6.07, 6.45) is -9.88. The molecule has 0 unspecified atom stereocenters. The van der Waals surface area contributed by atoms with Crippen LogP contribution in [0.2, 0.25) is 0 Å². The molecule has 166 valence electrons. The molecule has 4 aromatic rings. The minimum Gasteiger partial charge on any atom is -0.453 e. The van der Waals surface area contributed by atoms with E-state index < -0.39 is 24.3 Å². The highest BCUT2D eigenvalue weighted by Crippen LogP contribution is 2.35. The number of hydrogen-bond acceptors (Lipinski definition) is 2. The van der Waals surface area contributed by atoms with Crippen LogP contribution in [0.3, 0.4) is 0 Å². The first-order valence-electron chi connectivity index (χ1n) is 9.51. The lowest BCUT2D eigenvalue weighted by Crippen LogP contribution is -2.12. The van der Waals surface area contributed by atoms with Gasteiger partial charge in [0, 0.05) is 16.8 Å². The van der Waals surface area contributed by atoms with E-state index in [0.29, 0.717) is 34.1 Å². The van der Waals surface area contributed by atoms with Crippen molar-refractivity contribution in [2.45, 2.75) is 25.7 Å². The van der Waals surface area contributed by atoms with Crippen molar-refractivity contribution >= 4 is 0 Å². The van der Waals surface area contributed by atoms with Gasteiger partial charge in [-0.3, -0.25) is 0 Å². The number of hydrogen-bond donors (Lipinski definition) is 1. The third-order valence-corrected chi connectivity index (χ3v) is 4.88. The maximum Gasteiger partial charge on any atom is 0.416 e.